The summed E-state index contributed by atoms with van der Waals surface area (Å²) in [6, 6.07) is 10.5. The summed E-state index contributed by atoms with van der Waals surface area (Å²) in [6.07, 6.45) is 7.63. The standard InChI is InChI=1S/C19H23N3O2S/c1-20(2)13-16-12-19(17-8-7-11-21(3)15-17)22(14-16)25(23,24)18-9-5-4-6-10-18/h4-12,14H,13,15H2,1-3H3. The van der Waals surface area contributed by atoms with E-state index in [1.165, 1.54) is 3.97 Å². The van der Waals surface area contributed by atoms with Gasteiger partial charge >= 0.3 is 0 Å². The van der Waals surface area contributed by atoms with Crippen LogP contribution in [-0.2, 0) is 16.6 Å². The van der Waals surface area contributed by atoms with Gasteiger partial charge in [-0.1, -0.05) is 24.3 Å². The Morgan fingerprint density at radius 1 is 1.16 bits per heavy atom. The van der Waals surface area contributed by atoms with Crippen LogP contribution in [0.1, 0.15) is 11.3 Å². The maximum absolute atomic E-state index is 13.2. The third kappa shape index (κ3) is 3.70. The van der Waals surface area contributed by atoms with Gasteiger partial charge in [0.1, 0.15) is 0 Å². The van der Waals surface area contributed by atoms with Gasteiger partial charge in [-0.3, -0.25) is 0 Å². The molecule has 0 radical (unpaired) electrons. The smallest absolute Gasteiger partial charge is 0.268 e. The number of nitrogens with zero attached hydrogens (tertiary/aromatic N) is 3. The van der Waals surface area contributed by atoms with E-state index in [2.05, 4.69) is 0 Å². The van der Waals surface area contributed by atoms with Crippen LogP contribution in [0.15, 0.2) is 65.8 Å². The number of benzene rings is 1. The molecule has 2 aromatic rings. The van der Waals surface area contributed by atoms with Crippen molar-refractivity contribution >= 4 is 15.6 Å². The van der Waals surface area contributed by atoms with Crippen LogP contribution < -0.4 is 0 Å². The molecule has 132 valence electrons. The molecule has 0 aliphatic carbocycles. The molecule has 1 aliphatic rings. The fraction of sp³-hybridized carbons (Fsp3) is 0.263. The van der Waals surface area contributed by atoms with E-state index in [1.807, 2.05) is 61.4 Å². The Morgan fingerprint density at radius 2 is 1.88 bits per heavy atom. The Kier molecular flexibility index (Phi) is 4.83. The van der Waals surface area contributed by atoms with E-state index >= 15 is 0 Å². The first kappa shape index (κ1) is 17.5. The maximum atomic E-state index is 13.2. The van der Waals surface area contributed by atoms with Crippen LogP contribution in [0.5, 0.6) is 0 Å². The van der Waals surface area contributed by atoms with Crippen molar-refractivity contribution in [2.75, 3.05) is 27.7 Å². The summed E-state index contributed by atoms with van der Waals surface area (Å²) in [5.41, 5.74) is 2.67. The number of rotatable bonds is 5. The zero-order valence-corrected chi connectivity index (χ0v) is 15.6. The van der Waals surface area contributed by atoms with E-state index in [1.54, 1.807) is 30.5 Å². The van der Waals surface area contributed by atoms with Gasteiger partial charge in [-0.05, 0) is 55.7 Å². The molecule has 0 saturated heterocycles. The molecule has 0 N–H and O–H groups in total. The minimum Gasteiger partial charge on any atom is -0.376 e. The SMILES string of the molecule is CN(C)Cc1cc(C2=CC=CN(C)C2)n(S(=O)(=O)c2ccccc2)c1. The molecule has 1 aromatic carbocycles. The molecule has 1 aliphatic heterocycles. The van der Waals surface area contributed by atoms with E-state index < -0.39 is 10.0 Å². The fourth-order valence-electron chi connectivity index (χ4n) is 2.93. The van der Waals surface area contributed by atoms with Crippen molar-refractivity contribution in [3.05, 3.63) is 72.2 Å². The second kappa shape index (κ2) is 6.90. The Balaban J connectivity index is 2.13. The molecule has 1 aromatic heterocycles. The van der Waals surface area contributed by atoms with Gasteiger partial charge in [0.05, 0.1) is 10.6 Å². The monoisotopic (exact) mass is 357 g/mol. The lowest BCUT2D eigenvalue weighted by Gasteiger charge is -2.21. The summed E-state index contributed by atoms with van der Waals surface area (Å²) < 4.78 is 27.8. The molecule has 0 atom stereocenters. The first-order valence-corrected chi connectivity index (χ1v) is 9.56. The number of likely N-dealkylation sites (N-methyl/N-ethyl adjacent to an activating group) is 1. The van der Waals surface area contributed by atoms with Crippen molar-refractivity contribution in [1.82, 2.24) is 13.8 Å². The van der Waals surface area contributed by atoms with E-state index in [0.29, 0.717) is 18.0 Å². The summed E-state index contributed by atoms with van der Waals surface area (Å²) in [5, 5.41) is 0. The normalized spacial score (nSPS) is 14.9. The lowest BCUT2D eigenvalue weighted by molar-refractivity contribution is 0.402. The average molecular weight is 357 g/mol. The number of hydrogen-bond donors (Lipinski definition) is 0. The van der Waals surface area contributed by atoms with Gasteiger partial charge in [0.2, 0.25) is 0 Å². The highest BCUT2D eigenvalue weighted by Gasteiger charge is 2.23. The van der Waals surface area contributed by atoms with Gasteiger partial charge in [0.25, 0.3) is 10.0 Å². The van der Waals surface area contributed by atoms with E-state index in [9.17, 15) is 8.42 Å². The topological polar surface area (TPSA) is 45.5 Å². The van der Waals surface area contributed by atoms with Gasteiger partial charge in [-0.25, -0.2) is 12.4 Å². The van der Waals surface area contributed by atoms with E-state index in [4.69, 9.17) is 0 Å². The summed E-state index contributed by atoms with van der Waals surface area (Å²) in [7, 11) is 2.28. The third-order valence-electron chi connectivity index (χ3n) is 4.03. The number of hydrogen-bond acceptors (Lipinski definition) is 4. The van der Waals surface area contributed by atoms with Crippen LogP contribution in [0.2, 0.25) is 0 Å². The highest BCUT2D eigenvalue weighted by atomic mass is 32.2. The number of aromatic nitrogens is 1. The Labute approximate surface area is 149 Å². The summed E-state index contributed by atoms with van der Waals surface area (Å²) in [4.78, 5) is 4.36. The molecular formula is C19H23N3O2S. The lowest BCUT2D eigenvalue weighted by atomic mass is 10.1. The van der Waals surface area contributed by atoms with Crippen LogP contribution in [-0.4, -0.2) is 49.9 Å². The fourth-order valence-corrected chi connectivity index (χ4v) is 4.37. The minimum atomic E-state index is -3.64. The molecule has 0 unspecified atom stereocenters. The van der Waals surface area contributed by atoms with E-state index in [0.717, 1.165) is 16.8 Å². The zero-order chi connectivity index (χ0) is 18.0. The van der Waals surface area contributed by atoms with Crippen molar-refractivity contribution in [3.63, 3.8) is 0 Å². The maximum Gasteiger partial charge on any atom is 0.268 e. The Morgan fingerprint density at radius 3 is 2.52 bits per heavy atom. The Bertz CT molecular complexity index is 909. The van der Waals surface area contributed by atoms with Crippen molar-refractivity contribution in [2.24, 2.45) is 0 Å². The molecule has 0 fully saturated rings. The highest BCUT2D eigenvalue weighted by Crippen LogP contribution is 2.26. The molecular weight excluding hydrogens is 334 g/mol. The minimum absolute atomic E-state index is 0.295. The number of allylic oxidation sites excluding steroid dienone is 2. The summed E-state index contributed by atoms with van der Waals surface area (Å²) >= 11 is 0. The molecule has 3 rings (SSSR count). The Hall–Kier alpha value is -2.31. The first-order valence-electron chi connectivity index (χ1n) is 8.12. The molecule has 0 saturated carbocycles. The molecule has 0 bridgehead atoms. The predicted molar refractivity (Wildman–Crippen MR) is 101 cm³/mol. The van der Waals surface area contributed by atoms with Crippen LogP contribution in [0, 0.1) is 0 Å². The molecule has 0 amide bonds. The van der Waals surface area contributed by atoms with Crippen LogP contribution >= 0.6 is 0 Å². The molecule has 5 nitrogen and oxygen atoms in total. The van der Waals surface area contributed by atoms with E-state index in [-0.39, 0.29) is 0 Å². The second-order valence-corrected chi connectivity index (χ2v) is 8.35. The average Bonchev–Trinajstić information content (AvgIpc) is 2.99. The van der Waals surface area contributed by atoms with Gasteiger partial charge in [0, 0.05) is 26.3 Å². The van der Waals surface area contributed by atoms with Crippen LogP contribution in [0.3, 0.4) is 0 Å². The van der Waals surface area contributed by atoms with Crippen molar-refractivity contribution < 1.29 is 8.42 Å². The summed E-state index contributed by atoms with van der Waals surface area (Å²) in [6.45, 7) is 1.36. The van der Waals surface area contributed by atoms with Crippen molar-refractivity contribution in [2.45, 2.75) is 11.4 Å². The molecule has 25 heavy (non-hydrogen) atoms. The van der Waals surface area contributed by atoms with Crippen LogP contribution in [0.4, 0.5) is 0 Å². The zero-order valence-electron chi connectivity index (χ0n) is 14.8. The molecule has 6 heteroatoms. The lowest BCUT2D eigenvalue weighted by Crippen LogP contribution is -2.20. The van der Waals surface area contributed by atoms with Gasteiger partial charge in [0.15, 0.2) is 0 Å². The van der Waals surface area contributed by atoms with Crippen molar-refractivity contribution in [3.8, 4) is 0 Å². The second-order valence-electron chi connectivity index (χ2n) is 6.53. The molecule has 0 spiro atoms. The first-order chi connectivity index (χ1) is 11.9. The third-order valence-corrected chi connectivity index (χ3v) is 5.72. The quantitative estimate of drug-likeness (QED) is 0.825. The van der Waals surface area contributed by atoms with Gasteiger partial charge < -0.3 is 9.80 Å². The van der Waals surface area contributed by atoms with Gasteiger partial charge in [-0.15, -0.1) is 0 Å². The highest BCUT2D eigenvalue weighted by molar-refractivity contribution is 7.90. The predicted octanol–water partition coefficient (Wildman–Crippen LogP) is 2.63. The summed E-state index contributed by atoms with van der Waals surface area (Å²) in [5.74, 6) is 0. The van der Waals surface area contributed by atoms with Crippen molar-refractivity contribution in [1.29, 1.82) is 0 Å². The van der Waals surface area contributed by atoms with Gasteiger partial charge in [-0.2, -0.15) is 0 Å². The largest absolute Gasteiger partial charge is 0.376 e. The van der Waals surface area contributed by atoms with Crippen LogP contribution in [0.25, 0.3) is 5.57 Å². The molecule has 2 heterocycles.